The Hall–Kier alpha value is -3.03. The molecule has 4 rings (SSSR count). The second-order valence-electron chi connectivity index (χ2n) is 7.32. The molecule has 1 aromatic heterocycles. The Bertz CT molecular complexity index is 1250. The van der Waals surface area contributed by atoms with Gasteiger partial charge in [0.05, 0.1) is 12.3 Å². The van der Waals surface area contributed by atoms with Gasteiger partial charge in [-0.1, -0.05) is 65.8 Å². The second kappa shape index (κ2) is 10.1. The summed E-state index contributed by atoms with van der Waals surface area (Å²) in [6.07, 6.45) is 0. The Labute approximate surface area is 196 Å². The fourth-order valence-corrected chi connectivity index (χ4v) is 4.41. The summed E-state index contributed by atoms with van der Waals surface area (Å²) in [5.74, 6) is 0.981. The molecule has 164 valence electrons. The van der Waals surface area contributed by atoms with Crippen LogP contribution in [0.2, 0.25) is 5.02 Å². The number of halogens is 1. The highest BCUT2D eigenvalue weighted by molar-refractivity contribution is 7.99. The summed E-state index contributed by atoms with van der Waals surface area (Å²) >= 11 is 7.58. The lowest BCUT2D eigenvalue weighted by Crippen LogP contribution is -2.15. The highest BCUT2D eigenvalue weighted by Gasteiger charge is 2.14. The molecule has 0 saturated carbocycles. The van der Waals surface area contributed by atoms with Crippen LogP contribution in [-0.4, -0.2) is 26.4 Å². The van der Waals surface area contributed by atoms with Crippen LogP contribution >= 0.6 is 23.4 Å². The highest BCUT2D eigenvalue weighted by Crippen LogP contribution is 2.24. The number of fused-ring (bicyclic) bond motifs is 1. The van der Waals surface area contributed by atoms with Gasteiger partial charge >= 0.3 is 0 Å². The smallest absolute Gasteiger partial charge is 0.234 e. The SMILES string of the molecule is CCn1c(CNc2ccc(C)c(Cl)c2)nnc1SCC(=O)Nc1cccc2ccccc12. The third-order valence-corrected chi connectivity index (χ3v) is 6.50. The van der Waals surface area contributed by atoms with Crippen LogP contribution in [-0.2, 0) is 17.9 Å². The molecular weight excluding hydrogens is 442 g/mol. The van der Waals surface area contributed by atoms with E-state index in [1.165, 1.54) is 11.8 Å². The van der Waals surface area contributed by atoms with E-state index in [1.54, 1.807) is 0 Å². The zero-order valence-electron chi connectivity index (χ0n) is 17.9. The summed E-state index contributed by atoms with van der Waals surface area (Å²) in [6.45, 7) is 5.24. The van der Waals surface area contributed by atoms with E-state index in [0.29, 0.717) is 13.1 Å². The summed E-state index contributed by atoms with van der Waals surface area (Å²) in [7, 11) is 0. The van der Waals surface area contributed by atoms with Gasteiger partial charge in [-0.2, -0.15) is 0 Å². The van der Waals surface area contributed by atoms with Gasteiger partial charge in [0.25, 0.3) is 0 Å². The molecule has 0 atom stereocenters. The Balaban J connectivity index is 1.38. The van der Waals surface area contributed by atoms with Crippen molar-refractivity contribution in [2.24, 2.45) is 0 Å². The van der Waals surface area contributed by atoms with Gasteiger partial charge in [-0.05, 0) is 43.0 Å². The van der Waals surface area contributed by atoms with Crippen molar-refractivity contribution in [1.82, 2.24) is 14.8 Å². The largest absolute Gasteiger partial charge is 0.378 e. The van der Waals surface area contributed by atoms with E-state index in [-0.39, 0.29) is 11.7 Å². The average molecular weight is 466 g/mol. The van der Waals surface area contributed by atoms with Crippen LogP contribution < -0.4 is 10.6 Å². The number of benzene rings is 3. The zero-order chi connectivity index (χ0) is 22.5. The molecule has 0 unspecified atom stereocenters. The number of carbonyl (C=O) groups excluding carboxylic acids is 1. The van der Waals surface area contributed by atoms with Gasteiger partial charge < -0.3 is 15.2 Å². The number of aryl methyl sites for hydroxylation is 1. The molecule has 2 N–H and O–H groups in total. The summed E-state index contributed by atoms with van der Waals surface area (Å²) in [5.41, 5.74) is 2.77. The van der Waals surface area contributed by atoms with E-state index < -0.39 is 0 Å². The standard InChI is InChI=1S/C24H24ClN5OS/c1-3-30-22(14-26-18-12-11-16(2)20(25)13-18)28-29-24(30)32-15-23(31)27-21-10-6-8-17-7-4-5-9-19(17)21/h4-13,26H,3,14-15H2,1-2H3,(H,27,31). The Morgan fingerprint density at radius 3 is 2.72 bits per heavy atom. The Morgan fingerprint density at radius 2 is 1.91 bits per heavy atom. The minimum absolute atomic E-state index is 0.0778. The molecule has 0 aliphatic carbocycles. The van der Waals surface area contributed by atoms with Crippen LogP contribution in [0.4, 0.5) is 11.4 Å². The molecule has 0 fully saturated rings. The van der Waals surface area contributed by atoms with Crippen molar-refractivity contribution in [3.05, 3.63) is 77.1 Å². The van der Waals surface area contributed by atoms with E-state index >= 15 is 0 Å². The fraction of sp³-hybridized carbons (Fsp3) is 0.208. The first-order valence-electron chi connectivity index (χ1n) is 10.4. The van der Waals surface area contributed by atoms with Gasteiger partial charge in [0.2, 0.25) is 5.91 Å². The molecule has 1 heterocycles. The maximum atomic E-state index is 12.6. The highest BCUT2D eigenvalue weighted by atomic mass is 35.5. The predicted molar refractivity (Wildman–Crippen MR) is 133 cm³/mol. The van der Waals surface area contributed by atoms with Crippen LogP contribution in [0.25, 0.3) is 10.8 Å². The van der Waals surface area contributed by atoms with E-state index in [1.807, 2.05) is 79.1 Å². The van der Waals surface area contributed by atoms with E-state index in [9.17, 15) is 4.79 Å². The number of amides is 1. The van der Waals surface area contributed by atoms with E-state index in [4.69, 9.17) is 11.6 Å². The molecular formula is C24H24ClN5OS. The van der Waals surface area contributed by atoms with Crippen LogP contribution in [0, 0.1) is 6.92 Å². The van der Waals surface area contributed by atoms with Gasteiger partial charge in [-0.3, -0.25) is 4.79 Å². The maximum absolute atomic E-state index is 12.6. The lowest BCUT2D eigenvalue weighted by molar-refractivity contribution is -0.113. The monoisotopic (exact) mass is 465 g/mol. The van der Waals surface area contributed by atoms with Gasteiger partial charge in [0.15, 0.2) is 11.0 Å². The van der Waals surface area contributed by atoms with Crippen LogP contribution in [0.5, 0.6) is 0 Å². The van der Waals surface area contributed by atoms with Crippen LogP contribution in [0.15, 0.2) is 65.8 Å². The molecule has 0 bridgehead atoms. The Morgan fingerprint density at radius 1 is 1.09 bits per heavy atom. The lowest BCUT2D eigenvalue weighted by atomic mass is 10.1. The van der Waals surface area contributed by atoms with Crippen molar-refractivity contribution < 1.29 is 4.79 Å². The number of rotatable bonds is 8. The molecule has 0 saturated heterocycles. The minimum atomic E-state index is -0.0778. The molecule has 0 spiro atoms. The molecule has 0 radical (unpaired) electrons. The van der Waals surface area contributed by atoms with Gasteiger partial charge in [0, 0.05) is 28.3 Å². The number of nitrogens with one attached hydrogen (secondary N) is 2. The average Bonchev–Trinajstić information content (AvgIpc) is 3.20. The van der Waals surface area contributed by atoms with Gasteiger partial charge in [0.1, 0.15) is 0 Å². The number of aromatic nitrogens is 3. The van der Waals surface area contributed by atoms with Crippen LogP contribution in [0.3, 0.4) is 0 Å². The van der Waals surface area contributed by atoms with E-state index in [2.05, 4.69) is 20.8 Å². The summed E-state index contributed by atoms with van der Waals surface area (Å²) < 4.78 is 2.01. The molecule has 1 amide bonds. The van der Waals surface area contributed by atoms with Crippen molar-refractivity contribution in [3.8, 4) is 0 Å². The van der Waals surface area contributed by atoms with Crippen molar-refractivity contribution in [2.75, 3.05) is 16.4 Å². The van der Waals surface area contributed by atoms with Crippen molar-refractivity contribution in [1.29, 1.82) is 0 Å². The number of anilines is 2. The first-order valence-corrected chi connectivity index (χ1v) is 11.7. The summed E-state index contributed by atoms with van der Waals surface area (Å²) in [6, 6.07) is 19.8. The normalized spacial score (nSPS) is 11.0. The van der Waals surface area contributed by atoms with E-state index in [0.717, 1.165) is 43.7 Å². The van der Waals surface area contributed by atoms with Crippen molar-refractivity contribution in [3.63, 3.8) is 0 Å². The molecule has 8 heteroatoms. The fourth-order valence-electron chi connectivity index (χ4n) is 3.41. The molecule has 6 nitrogen and oxygen atoms in total. The third kappa shape index (κ3) is 5.06. The van der Waals surface area contributed by atoms with Gasteiger partial charge in [-0.25, -0.2) is 0 Å². The Kier molecular flexibility index (Phi) is 6.97. The lowest BCUT2D eigenvalue weighted by Gasteiger charge is -2.11. The summed E-state index contributed by atoms with van der Waals surface area (Å²) in [4.78, 5) is 12.6. The van der Waals surface area contributed by atoms with Crippen molar-refractivity contribution >= 4 is 51.4 Å². The predicted octanol–water partition coefficient (Wildman–Crippen LogP) is 5.76. The first-order chi connectivity index (χ1) is 15.5. The molecule has 3 aromatic carbocycles. The van der Waals surface area contributed by atoms with Gasteiger partial charge in [-0.15, -0.1) is 10.2 Å². The minimum Gasteiger partial charge on any atom is -0.378 e. The number of hydrogen-bond acceptors (Lipinski definition) is 5. The molecule has 0 aliphatic heterocycles. The number of carbonyl (C=O) groups is 1. The topological polar surface area (TPSA) is 71.8 Å². The maximum Gasteiger partial charge on any atom is 0.234 e. The molecule has 32 heavy (non-hydrogen) atoms. The summed E-state index contributed by atoms with van der Waals surface area (Å²) in [5, 5.41) is 18.5. The number of hydrogen-bond donors (Lipinski definition) is 2. The quantitative estimate of drug-likeness (QED) is 0.324. The molecule has 4 aromatic rings. The second-order valence-corrected chi connectivity index (χ2v) is 8.67. The molecule has 0 aliphatic rings. The van der Waals surface area contributed by atoms with Crippen molar-refractivity contribution in [2.45, 2.75) is 32.1 Å². The third-order valence-electron chi connectivity index (χ3n) is 5.13. The van der Waals surface area contributed by atoms with Crippen LogP contribution in [0.1, 0.15) is 18.3 Å². The zero-order valence-corrected chi connectivity index (χ0v) is 19.5. The first kappa shape index (κ1) is 22.2. The number of thioether (sulfide) groups is 1. The number of nitrogens with zero attached hydrogens (tertiary/aromatic N) is 3.